The van der Waals surface area contributed by atoms with E-state index in [-0.39, 0.29) is 17.5 Å². The summed E-state index contributed by atoms with van der Waals surface area (Å²) in [5, 5.41) is 16.3. The van der Waals surface area contributed by atoms with Gasteiger partial charge in [-0.15, -0.1) is 0 Å². The van der Waals surface area contributed by atoms with E-state index < -0.39 is 4.92 Å². The van der Waals surface area contributed by atoms with Crippen LogP contribution in [0.2, 0.25) is 0 Å². The number of nitro benzene ring substituents is 1. The Hall–Kier alpha value is -4.07. The molecule has 8 nitrogen and oxygen atoms in total. The summed E-state index contributed by atoms with van der Waals surface area (Å²) in [4.78, 5) is 37.4. The Balaban J connectivity index is 1.64. The van der Waals surface area contributed by atoms with Gasteiger partial charge in [0.2, 0.25) is 0 Å². The predicted octanol–water partition coefficient (Wildman–Crippen LogP) is 4.59. The van der Waals surface area contributed by atoms with E-state index in [1.54, 1.807) is 42.6 Å². The first-order valence-electron chi connectivity index (χ1n) is 9.96. The van der Waals surface area contributed by atoms with E-state index in [1.165, 1.54) is 17.0 Å². The van der Waals surface area contributed by atoms with Crippen LogP contribution >= 0.6 is 0 Å². The maximum Gasteiger partial charge on any atom is 0.269 e. The molecular weight excluding hydrogens is 396 g/mol. The van der Waals surface area contributed by atoms with Crippen molar-refractivity contribution < 1.29 is 14.5 Å². The van der Waals surface area contributed by atoms with Crippen LogP contribution in [0, 0.1) is 10.1 Å². The highest BCUT2D eigenvalue weighted by molar-refractivity contribution is 6.26. The Morgan fingerprint density at radius 1 is 1.03 bits per heavy atom. The lowest BCUT2D eigenvalue weighted by molar-refractivity contribution is -0.384. The molecule has 1 heterocycles. The Bertz CT molecular complexity index is 1200. The number of hydrogen-bond donors (Lipinski definition) is 1. The van der Waals surface area contributed by atoms with Crippen molar-refractivity contribution in [2.75, 3.05) is 12.0 Å². The van der Waals surface area contributed by atoms with Crippen LogP contribution in [-0.2, 0) is 0 Å². The van der Waals surface area contributed by atoms with Crippen LogP contribution in [0.1, 0.15) is 46.0 Å². The number of nitrogens with zero attached hydrogens (tertiary/aromatic N) is 3. The highest BCUT2D eigenvalue weighted by atomic mass is 16.6. The average Bonchev–Trinajstić information content (AvgIpc) is 2.78. The van der Waals surface area contributed by atoms with Crippen molar-refractivity contribution >= 4 is 40.2 Å². The van der Waals surface area contributed by atoms with Crippen molar-refractivity contribution in [1.82, 2.24) is 4.90 Å². The van der Waals surface area contributed by atoms with Crippen molar-refractivity contribution in [3.63, 3.8) is 0 Å². The van der Waals surface area contributed by atoms with E-state index in [0.717, 1.165) is 18.2 Å². The summed E-state index contributed by atoms with van der Waals surface area (Å²) in [6.45, 7) is 2.42. The minimum atomic E-state index is -0.458. The predicted molar refractivity (Wildman–Crippen MR) is 119 cm³/mol. The van der Waals surface area contributed by atoms with Crippen molar-refractivity contribution in [3.05, 3.63) is 81.4 Å². The number of anilines is 1. The highest BCUT2D eigenvalue weighted by Gasteiger charge is 2.32. The molecule has 1 N–H and O–H groups in total. The zero-order chi connectivity index (χ0) is 22.0. The smallest absolute Gasteiger partial charge is 0.269 e. The number of carbonyl (C=O) groups is 2. The molecular formula is C23H20N4O4. The maximum atomic E-state index is 12.9. The van der Waals surface area contributed by atoms with Gasteiger partial charge >= 0.3 is 0 Å². The molecule has 31 heavy (non-hydrogen) atoms. The second-order valence-corrected chi connectivity index (χ2v) is 7.22. The molecule has 1 aliphatic rings. The molecule has 0 saturated carbocycles. The molecule has 0 spiro atoms. The number of unbranched alkanes of at least 4 members (excludes halogenated alkanes) is 1. The fraction of sp³-hybridized carbons (Fsp3) is 0.174. The average molecular weight is 416 g/mol. The summed E-state index contributed by atoms with van der Waals surface area (Å²) >= 11 is 0. The summed E-state index contributed by atoms with van der Waals surface area (Å²) in [7, 11) is 0. The van der Waals surface area contributed by atoms with E-state index in [0.29, 0.717) is 34.3 Å². The van der Waals surface area contributed by atoms with Crippen LogP contribution < -0.4 is 5.43 Å². The zero-order valence-corrected chi connectivity index (χ0v) is 16.9. The van der Waals surface area contributed by atoms with Gasteiger partial charge in [-0.3, -0.25) is 30.0 Å². The minimum absolute atomic E-state index is 0.0102. The van der Waals surface area contributed by atoms with Gasteiger partial charge in [-0.25, -0.2) is 0 Å². The fourth-order valence-corrected chi connectivity index (χ4v) is 3.62. The molecule has 0 aromatic heterocycles. The zero-order valence-electron chi connectivity index (χ0n) is 16.9. The lowest BCUT2D eigenvalue weighted by atomic mass is 9.93. The van der Waals surface area contributed by atoms with Crippen LogP contribution in [0.15, 0.2) is 59.7 Å². The van der Waals surface area contributed by atoms with Crippen LogP contribution in [0.5, 0.6) is 0 Å². The van der Waals surface area contributed by atoms with Gasteiger partial charge < -0.3 is 0 Å². The summed E-state index contributed by atoms with van der Waals surface area (Å²) in [6.07, 6.45) is 3.20. The van der Waals surface area contributed by atoms with Crippen LogP contribution in [0.3, 0.4) is 0 Å². The van der Waals surface area contributed by atoms with Gasteiger partial charge in [0.25, 0.3) is 17.5 Å². The number of non-ortho nitro benzene ring substituents is 1. The lowest BCUT2D eigenvalue weighted by Gasteiger charge is -2.27. The SMILES string of the molecule is CCCCN1C(=O)c2cccc3c(N/N=C/c4ccc([N+](=O)[O-])cc4)ccc(c23)C1=O. The monoisotopic (exact) mass is 416 g/mol. The molecule has 0 saturated heterocycles. The van der Waals surface area contributed by atoms with Crippen LogP contribution in [0.25, 0.3) is 10.8 Å². The molecule has 8 heteroatoms. The van der Waals surface area contributed by atoms with E-state index in [9.17, 15) is 19.7 Å². The van der Waals surface area contributed by atoms with Gasteiger partial charge in [0.15, 0.2) is 0 Å². The van der Waals surface area contributed by atoms with E-state index in [2.05, 4.69) is 10.5 Å². The number of amides is 2. The first-order chi connectivity index (χ1) is 15.0. The van der Waals surface area contributed by atoms with Crippen molar-refractivity contribution in [2.45, 2.75) is 19.8 Å². The highest BCUT2D eigenvalue weighted by Crippen LogP contribution is 2.34. The molecule has 0 aliphatic carbocycles. The third kappa shape index (κ3) is 3.75. The summed E-state index contributed by atoms with van der Waals surface area (Å²) in [5.74, 6) is -0.550. The van der Waals surface area contributed by atoms with Gasteiger partial charge in [0.05, 0.1) is 16.8 Å². The molecule has 0 atom stereocenters. The van der Waals surface area contributed by atoms with Gasteiger partial charge in [0.1, 0.15) is 0 Å². The lowest BCUT2D eigenvalue weighted by Crippen LogP contribution is -2.40. The second kappa shape index (κ2) is 8.35. The molecule has 0 fully saturated rings. The summed E-state index contributed by atoms with van der Waals surface area (Å²) < 4.78 is 0. The largest absolute Gasteiger partial charge is 0.278 e. The third-order valence-electron chi connectivity index (χ3n) is 5.23. The topological polar surface area (TPSA) is 105 Å². The molecule has 3 aromatic rings. The standard InChI is InChI=1S/C23H20N4O4/c1-2-3-13-26-22(28)18-6-4-5-17-20(12-11-19(21(17)18)23(26)29)25-24-14-15-7-9-16(10-8-15)27(30)31/h4-12,14,25H,2-3,13H2,1H3/b24-14+. The number of hydrazone groups is 1. The molecule has 0 radical (unpaired) electrons. The van der Waals surface area contributed by atoms with Crippen LogP contribution in [0.4, 0.5) is 11.4 Å². The second-order valence-electron chi connectivity index (χ2n) is 7.22. The molecule has 156 valence electrons. The van der Waals surface area contributed by atoms with Gasteiger partial charge in [-0.05, 0) is 42.3 Å². The first-order valence-corrected chi connectivity index (χ1v) is 9.96. The molecule has 4 rings (SSSR count). The number of rotatable bonds is 7. The molecule has 1 aliphatic heterocycles. The number of nitro groups is 1. The quantitative estimate of drug-likeness (QED) is 0.262. The van der Waals surface area contributed by atoms with Crippen LogP contribution in [-0.4, -0.2) is 34.4 Å². The van der Waals surface area contributed by atoms with Gasteiger partial charge in [-0.1, -0.05) is 25.5 Å². The van der Waals surface area contributed by atoms with Crippen molar-refractivity contribution in [2.24, 2.45) is 5.10 Å². The number of carbonyl (C=O) groups excluding carboxylic acids is 2. The Labute approximate surface area is 178 Å². The van der Waals surface area contributed by atoms with E-state index >= 15 is 0 Å². The molecule has 2 amide bonds. The maximum absolute atomic E-state index is 12.9. The molecule has 3 aromatic carbocycles. The molecule has 0 bridgehead atoms. The number of nitrogens with one attached hydrogen (secondary N) is 1. The number of imide groups is 1. The number of benzene rings is 3. The van der Waals surface area contributed by atoms with Gasteiger partial charge in [-0.2, -0.15) is 5.10 Å². The Morgan fingerprint density at radius 3 is 2.42 bits per heavy atom. The first kappa shape index (κ1) is 20.2. The van der Waals surface area contributed by atoms with Gasteiger partial charge in [0, 0.05) is 40.6 Å². The Kier molecular flexibility index (Phi) is 5.44. The van der Waals surface area contributed by atoms with E-state index in [1.807, 2.05) is 13.0 Å². The fourth-order valence-electron chi connectivity index (χ4n) is 3.62. The normalized spacial score (nSPS) is 13.3. The third-order valence-corrected chi connectivity index (χ3v) is 5.23. The number of hydrogen-bond acceptors (Lipinski definition) is 6. The van der Waals surface area contributed by atoms with Crippen molar-refractivity contribution in [1.29, 1.82) is 0 Å². The van der Waals surface area contributed by atoms with Crippen molar-refractivity contribution in [3.8, 4) is 0 Å². The molecule has 0 unspecified atom stereocenters. The summed E-state index contributed by atoms with van der Waals surface area (Å²) in [5.41, 5.74) is 5.32. The Morgan fingerprint density at radius 2 is 1.74 bits per heavy atom. The van der Waals surface area contributed by atoms with E-state index in [4.69, 9.17) is 0 Å². The minimum Gasteiger partial charge on any atom is -0.278 e. The summed E-state index contributed by atoms with van der Waals surface area (Å²) in [6, 6.07) is 14.9.